The van der Waals surface area contributed by atoms with Gasteiger partial charge in [0.15, 0.2) is 0 Å². The van der Waals surface area contributed by atoms with Crippen molar-refractivity contribution in [3.63, 3.8) is 0 Å². The van der Waals surface area contributed by atoms with Gasteiger partial charge in [-0.25, -0.2) is 0 Å². The van der Waals surface area contributed by atoms with Crippen LogP contribution in [0.1, 0.15) is 18.1 Å². The zero-order chi connectivity index (χ0) is 12.8. The van der Waals surface area contributed by atoms with E-state index in [4.69, 9.17) is 15.7 Å². The van der Waals surface area contributed by atoms with Crippen molar-refractivity contribution in [3.05, 3.63) is 35.4 Å². The number of hydrogen-bond donors (Lipinski definition) is 1. The van der Waals surface area contributed by atoms with Gasteiger partial charge in [-0.2, -0.15) is 5.26 Å². The van der Waals surface area contributed by atoms with Crippen LogP contribution in [0.25, 0.3) is 0 Å². The Kier molecular flexibility index (Phi) is 4.68. The van der Waals surface area contributed by atoms with Gasteiger partial charge in [0.25, 0.3) is 0 Å². The molecule has 0 aliphatic rings. The van der Waals surface area contributed by atoms with Crippen LogP contribution in [0, 0.1) is 17.2 Å². The minimum Gasteiger partial charge on any atom is -0.469 e. The summed E-state index contributed by atoms with van der Waals surface area (Å²) in [7, 11) is 1.35. The smallest absolute Gasteiger partial charge is 0.310 e. The molecule has 4 nitrogen and oxygen atoms in total. The van der Waals surface area contributed by atoms with Gasteiger partial charge in [-0.3, -0.25) is 4.79 Å². The Morgan fingerprint density at radius 2 is 2.29 bits per heavy atom. The number of methoxy groups -OCH3 is 1. The van der Waals surface area contributed by atoms with Crippen LogP contribution in [0.3, 0.4) is 0 Å². The van der Waals surface area contributed by atoms with Crippen molar-refractivity contribution in [2.24, 2.45) is 11.7 Å². The highest BCUT2D eigenvalue weighted by atomic mass is 16.5. The Morgan fingerprint density at radius 3 is 2.82 bits per heavy atom. The maximum Gasteiger partial charge on any atom is 0.310 e. The maximum absolute atomic E-state index is 11.5. The van der Waals surface area contributed by atoms with Crippen LogP contribution in [0.4, 0.5) is 0 Å². The second kappa shape index (κ2) is 6.02. The number of nitrogens with two attached hydrogens (primary N) is 1. The van der Waals surface area contributed by atoms with Gasteiger partial charge < -0.3 is 10.5 Å². The van der Waals surface area contributed by atoms with E-state index in [1.165, 1.54) is 7.11 Å². The van der Waals surface area contributed by atoms with E-state index in [2.05, 4.69) is 6.07 Å². The molecule has 0 fully saturated rings. The molecule has 0 spiro atoms. The molecule has 0 heterocycles. The molecule has 0 aliphatic heterocycles. The summed E-state index contributed by atoms with van der Waals surface area (Å²) in [6.45, 7) is 1.77. The molecule has 0 saturated heterocycles. The molecule has 4 heteroatoms. The first-order valence-corrected chi connectivity index (χ1v) is 5.41. The molecular weight excluding hydrogens is 216 g/mol. The van der Waals surface area contributed by atoms with Gasteiger partial charge >= 0.3 is 5.97 Å². The van der Waals surface area contributed by atoms with Gasteiger partial charge in [-0.15, -0.1) is 0 Å². The Hall–Kier alpha value is -1.86. The van der Waals surface area contributed by atoms with Crippen molar-refractivity contribution in [1.29, 1.82) is 5.26 Å². The van der Waals surface area contributed by atoms with Crippen LogP contribution < -0.4 is 5.73 Å². The molecule has 1 aromatic carbocycles. The second-order valence-corrected chi connectivity index (χ2v) is 4.01. The molecular formula is C13H16N2O2. The Bertz CT molecular complexity index is 435. The molecule has 17 heavy (non-hydrogen) atoms. The number of hydrogen-bond acceptors (Lipinski definition) is 4. The van der Waals surface area contributed by atoms with Gasteiger partial charge in [0.05, 0.1) is 24.7 Å². The third kappa shape index (κ3) is 3.58. The number of carbonyl (C=O) groups is 1. The van der Waals surface area contributed by atoms with E-state index in [0.29, 0.717) is 12.0 Å². The highest BCUT2D eigenvalue weighted by Crippen LogP contribution is 2.14. The molecule has 90 valence electrons. The highest BCUT2D eigenvalue weighted by molar-refractivity contribution is 5.73. The van der Waals surface area contributed by atoms with Gasteiger partial charge in [-0.05, 0) is 31.0 Å². The number of nitrogens with zero attached hydrogens (tertiary/aromatic N) is 1. The average molecular weight is 232 g/mol. The fraction of sp³-hybridized carbons (Fsp3) is 0.385. The normalized spacial score (nSPS) is 13.5. The third-order valence-electron chi connectivity index (χ3n) is 2.65. The van der Waals surface area contributed by atoms with E-state index < -0.39 is 0 Å². The lowest BCUT2D eigenvalue weighted by atomic mass is 9.93. The van der Waals surface area contributed by atoms with E-state index in [9.17, 15) is 4.79 Å². The summed E-state index contributed by atoms with van der Waals surface area (Å²) in [5, 5.41) is 8.79. The van der Waals surface area contributed by atoms with Crippen molar-refractivity contribution >= 4 is 5.97 Å². The standard InChI is InChI=1S/C13H16N2O2/c1-9(15)12(13(16)17-2)7-10-4-3-5-11(6-10)8-14/h3-6,9,12H,7,15H2,1-2H3. The molecule has 0 aromatic heterocycles. The highest BCUT2D eigenvalue weighted by Gasteiger charge is 2.23. The predicted octanol–water partition coefficient (Wildman–Crippen LogP) is 1.24. The van der Waals surface area contributed by atoms with E-state index in [1.807, 2.05) is 6.07 Å². The number of esters is 1. The zero-order valence-electron chi connectivity index (χ0n) is 10.0. The molecule has 0 amide bonds. The summed E-state index contributed by atoms with van der Waals surface area (Å²) in [6.07, 6.45) is 0.486. The van der Waals surface area contributed by atoms with E-state index >= 15 is 0 Å². The van der Waals surface area contributed by atoms with Gasteiger partial charge in [0.1, 0.15) is 0 Å². The first kappa shape index (κ1) is 13.2. The van der Waals surface area contributed by atoms with E-state index in [-0.39, 0.29) is 17.9 Å². The minimum absolute atomic E-state index is 0.284. The zero-order valence-corrected chi connectivity index (χ0v) is 10.0. The average Bonchev–Trinajstić information content (AvgIpc) is 2.35. The number of nitriles is 1. The Balaban J connectivity index is 2.86. The number of benzene rings is 1. The van der Waals surface area contributed by atoms with Crippen molar-refractivity contribution in [2.75, 3.05) is 7.11 Å². The van der Waals surface area contributed by atoms with Gasteiger partial charge in [0, 0.05) is 6.04 Å². The monoisotopic (exact) mass is 232 g/mol. The topological polar surface area (TPSA) is 76.1 Å². The number of ether oxygens (including phenoxy) is 1. The summed E-state index contributed by atoms with van der Waals surface area (Å²) in [4.78, 5) is 11.5. The minimum atomic E-state index is -0.381. The van der Waals surface area contributed by atoms with Crippen LogP contribution in [0.15, 0.2) is 24.3 Å². The Morgan fingerprint density at radius 1 is 1.59 bits per heavy atom. The van der Waals surface area contributed by atoms with Crippen molar-refractivity contribution in [1.82, 2.24) is 0 Å². The number of carbonyl (C=O) groups excluding carboxylic acids is 1. The second-order valence-electron chi connectivity index (χ2n) is 4.01. The summed E-state index contributed by atoms with van der Waals surface area (Å²) in [5.41, 5.74) is 7.26. The maximum atomic E-state index is 11.5. The fourth-order valence-corrected chi connectivity index (χ4v) is 1.66. The molecule has 0 bridgehead atoms. The van der Waals surface area contributed by atoms with Crippen LogP contribution >= 0.6 is 0 Å². The fourth-order valence-electron chi connectivity index (χ4n) is 1.66. The molecule has 1 aromatic rings. The number of rotatable bonds is 4. The third-order valence-corrected chi connectivity index (χ3v) is 2.65. The first-order chi connectivity index (χ1) is 8.08. The largest absolute Gasteiger partial charge is 0.469 e. The lowest BCUT2D eigenvalue weighted by molar-refractivity contribution is -0.146. The predicted molar refractivity (Wildman–Crippen MR) is 64.0 cm³/mol. The molecule has 0 aliphatic carbocycles. The van der Waals surface area contributed by atoms with Gasteiger partial charge in [-0.1, -0.05) is 12.1 Å². The summed E-state index contributed by atoms with van der Waals surface area (Å²) in [5.74, 6) is -0.698. The molecule has 2 N–H and O–H groups in total. The van der Waals surface area contributed by atoms with Crippen LogP contribution in [0.5, 0.6) is 0 Å². The summed E-state index contributed by atoms with van der Waals surface area (Å²) >= 11 is 0. The van der Waals surface area contributed by atoms with Crippen LogP contribution in [-0.4, -0.2) is 19.1 Å². The van der Waals surface area contributed by atoms with Crippen molar-refractivity contribution in [3.8, 4) is 6.07 Å². The van der Waals surface area contributed by atoms with E-state index in [0.717, 1.165) is 5.56 Å². The van der Waals surface area contributed by atoms with Gasteiger partial charge in [0.2, 0.25) is 0 Å². The molecule has 0 radical (unpaired) electrons. The summed E-state index contributed by atoms with van der Waals surface area (Å²) in [6, 6.07) is 8.94. The van der Waals surface area contributed by atoms with Crippen molar-refractivity contribution < 1.29 is 9.53 Å². The van der Waals surface area contributed by atoms with Crippen LogP contribution in [-0.2, 0) is 16.0 Å². The SMILES string of the molecule is COC(=O)C(Cc1cccc(C#N)c1)C(C)N. The molecule has 2 unspecified atom stereocenters. The Labute approximate surface area is 101 Å². The van der Waals surface area contributed by atoms with E-state index in [1.54, 1.807) is 25.1 Å². The molecule has 0 saturated carbocycles. The van der Waals surface area contributed by atoms with Crippen LogP contribution in [0.2, 0.25) is 0 Å². The summed E-state index contributed by atoms with van der Waals surface area (Å²) < 4.78 is 4.72. The van der Waals surface area contributed by atoms with Crippen molar-refractivity contribution in [2.45, 2.75) is 19.4 Å². The quantitative estimate of drug-likeness (QED) is 0.792. The first-order valence-electron chi connectivity index (χ1n) is 5.41. The molecule has 1 rings (SSSR count). The lowest BCUT2D eigenvalue weighted by Gasteiger charge is -2.18. The molecule has 2 atom stereocenters. The lowest BCUT2D eigenvalue weighted by Crippen LogP contribution is -2.35.